The highest BCUT2D eigenvalue weighted by atomic mass is 16.5. The van der Waals surface area contributed by atoms with E-state index in [0.29, 0.717) is 56.5 Å². The summed E-state index contributed by atoms with van der Waals surface area (Å²) < 4.78 is 10.6. The second-order valence-electron chi connectivity index (χ2n) is 6.78. The van der Waals surface area contributed by atoms with Crippen molar-refractivity contribution in [2.75, 3.05) is 64.9 Å². The molecule has 0 atom stereocenters. The van der Waals surface area contributed by atoms with E-state index in [1.165, 1.54) is 6.92 Å². The quantitative estimate of drug-likeness (QED) is 0.737. The van der Waals surface area contributed by atoms with E-state index in [0.717, 1.165) is 0 Å². The second-order valence-corrected chi connectivity index (χ2v) is 6.78. The van der Waals surface area contributed by atoms with Crippen LogP contribution < -0.4 is 14.4 Å². The lowest BCUT2D eigenvalue weighted by atomic mass is 10.2. The molecule has 4 amide bonds. The molecule has 2 aliphatic rings. The van der Waals surface area contributed by atoms with E-state index in [4.69, 9.17) is 9.47 Å². The molecule has 28 heavy (non-hydrogen) atoms. The number of benzene rings is 1. The fourth-order valence-corrected chi connectivity index (χ4v) is 3.49. The zero-order valence-electron chi connectivity index (χ0n) is 16.5. The summed E-state index contributed by atoms with van der Waals surface area (Å²) in [4.78, 5) is 43.5. The van der Waals surface area contributed by atoms with Crippen LogP contribution >= 0.6 is 0 Å². The highest BCUT2D eigenvalue weighted by molar-refractivity contribution is 5.98. The van der Waals surface area contributed by atoms with Crippen LogP contribution in [0.1, 0.15) is 6.92 Å². The molecule has 0 aromatic heterocycles. The van der Waals surface area contributed by atoms with Crippen LogP contribution in [0.25, 0.3) is 0 Å². The van der Waals surface area contributed by atoms with Gasteiger partial charge in [-0.05, 0) is 12.1 Å². The molecule has 152 valence electrons. The molecular weight excluding hydrogens is 364 g/mol. The Kier molecular flexibility index (Phi) is 5.91. The molecule has 0 saturated carbocycles. The smallest absolute Gasteiger partial charge is 0.325 e. The number of anilines is 1. The van der Waals surface area contributed by atoms with Gasteiger partial charge in [0.15, 0.2) is 0 Å². The average molecular weight is 390 g/mol. The lowest BCUT2D eigenvalue weighted by Gasteiger charge is -2.35. The predicted octanol–water partition coefficient (Wildman–Crippen LogP) is 0.637. The van der Waals surface area contributed by atoms with Crippen LogP contribution in [-0.4, -0.2) is 92.6 Å². The van der Waals surface area contributed by atoms with E-state index in [1.54, 1.807) is 52.0 Å². The number of nitrogens with zero attached hydrogens (tertiary/aromatic N) is 4. The van der Waals surface area contributed by atoms with Crippen LogP contribution in [0.2, 0.25) is 0 Å². The molecule has 0 bridgehead atoms. The monoisotopic (exact) mass is 390 g/mol. The molecule has 2 aliphatic heterocycles. The van der Waals surface area contributed by atoms with Gasteiger partial charge >= 0.3 is 6.03 Å². The normalized spacial score (nSPS) is 17.2. The molecule has 2 fully saturated rings. The molecular formula is C19H26N4O5. The molecule has 2 heterocycles. The first-order valence-electron chi connectivity index (χ1n) is 9.26. The number of hydrogen-bond donors (Lipinski definition) is 0. The third-order valence-electron chi connectivity index (χ3n) is 5.18. The number of carbonyl (C=O) groups is 3. The van der Waals surface area contributed by atoms with Gasteiger partial charge in [0.2, 0.25) is 11.8 Å². The van der Waals surface area contributed by atoms with Crippen molar-refractivity contribution in [3.63, 3.8) is 0 Å². The SMILES string of the molecule is COc1ccc(OC)c(N2CCN(CC(=O)N3CCN(C(C)=O)CC3)C2=O)c1. The van der Waals surface area contributed by atoms with Gasteiger partial charge in [-0.3, -0.25) is 14.5 Å². The number of ether oxygens (including phenoxy) is 2. The van der Waals surface area contributed by atoms with Crippen molar-refractivity contribution in [3.05, 3.63) is 18.2 Å². The Labute approximate surface area is 164 Å². The average Bonchev–Trinajstić information content (AvgIpc) is 3.07. The van der Waals surface area contributed by atoms with Gasteiger partial charge in [0.05, 0.1) is 19.9 Å². The Morgan fingerprint density at radius 1 is 0.964 bits per heavy atom. The summed E-state index contributed by atoms with van der Waals surface area (Å²) in [5.41, 5.74) is 0.622. The summed E-state index contributed by atoms with van der Waals surface area (Å²) in [6.07, 6.45) is 0. The lowest BCUT2D eigenvalue weighted by molar-refractivity contribution is -0.138. The summed E-state index contributed by atoms with van der Waals surface area (Å²) in [6.45, 7) is 4.53. The Bertz CT molecular complexity index is 761. The van der Waals surface area contributed by atoms with E-state index < -0.39 is 0 Å². The maximum absolute atomic E-state index is 12.9. The zero-order chi connectivity index (χ0) is 20.3. The summed E-state index contributed by atoms with van der Waals surface area (Å²) in [6, 6.07) is 5.04. The van der Waals surface area contributed by atoms with Gasteiger partial charge in [-0.2, -0.15) is 0 Å². The molecule has 0 N–H and O–H groups in total. The van der Waals surface area contributed by atoms with Gasteiger partial charge in [0, 0.05) is 52.3 Å². The topological polar surface area (TPSA) is 82.6 Å². The van der Waals surface area contributed by atoms with Gasteiger partial charge in [-0.25, -0.2) is 4.79 Å². The molecule has 1 aromatic carbocycles. The standard InChI is InChI=1S/C19H26N4O5/c1-14(24)20-6-8-21(9-7-20)18(25)13-22-10-11-23(19(22)26)16-12-15(27-2)4-5-17(16)28-3/h4-5,12H,6-11,13H2,1-3H3. The van der Waals surface area contributed by atoms with Crippen molar-refractivity contribution in [2.45, 2.75) is 6.92 Å². The van der Waals surface area contributed by atoms with Gasteiger partial charge in [-0.1, -0.05) is 0 Å². The first-order chi connectivity index (χ1) is 13.4. The largest absolute Gasteiger partial charge is 0.497 e. The molecule has 9 heteroatoms. The van der Waals surface area contributed by atoms with Gasteiger partial charge in [0.1, 0.15) is 18.0 Å². The van der Waals surface area contributed by atoms with Gasteiger partial charge < -0.3 is 24.2 Å². The predicted molar refractivity (Wildman–Crippen MR) is 103 cm³/mol. The van der Waals surface area contributed by atoms with Crippen molar-refractivity contribution < 1.29 is 23.9 Å². The van der Waals surface area contributed by atoms with E-state index in [-0.39, 0.29) is 24.4 Å². The second kappa shape index (κ2) is 8.37. The fraction of sp³-hybridized carbons (Fsp3) is 0.526. The number of carbonyl (C=O) groups excluding carboxylic acids is 3. The number of rotatable bonds is 5. The minimum absolute atomic E-state index is 0.0182. The Hall–Kier alpha value is -2.97. The van der Waals surface area contributed by atoms with Crippen LogP contribution in [0.5, 0.6) is 11.5 Å². The van der Waals surface area contributed by atoms with Gasteiger partial charge in [-0.15, -0.1) is 0 Å². The minimum atomic E-state index is -0.234. The maximum atomic E-state index is 12.9. The number of amides is 4. The molecule has 0 spiro atoms. The third-order valence-corrected chi connectivity index (χ3v) is 5.18. The highest BCUT2D eigenvalue weighted by Gasteiger charge is 2.34. The maximum Gasteiger partial charge on any atom is 0.325 e. The van der Waals surface area contributed by atoms with Crippen LogP contribution in [0.3, 0.4) is 0 Å². The fourth-order valence-electron chi connectivity index (χ4n) is 3.49. The Balaban J connectivity index is 1.63. The molecule has 1 aromatic rings. The molecule has 0 unspecified atom stereocenters. The zero-order valence-corrected chi connectivity index (χ0v) is 16.5. The number of hydrogen-bond acceptors (Lipinski definition) is 5. The van der Waals surface area contributed by atoms with E-state index in [1.807, 2.05) is 0 Å². The van der Waals surface area contributed by atoms with Crippen molar-refractivity contribution in [3.8, 4) is 11.5 Å². The molecule has 3 rings (SSSR count). The number of methoxy groups -OCH3 is 2. The van der Waals surface area contributed by atoms with Crippen molar-refractivity contribution in [1.82, 2.24) is 14.7 Å². The minimum Gasteiger partial charge on any atom is -0.497 e. The summed E-state index contributed by atoms with van der Waals surface area (Å²) in [7, 11) is 3.11. The highest BCUT2D eigenvalue weighted by Crippen LogP contribution is 2.34. The van der Waals surface area contributed by atoms with Crippen molar-refractivity contribution >= 4 is 23.5 Å². The Morgan fingerprint density at radius 3 is 2.25 bits per heavy atom. The van der Waals surface area contributed by atoms with E-state index in [9.17, 15) is 14.4 Å². The Morgan fingerprint density at radius 2 is 1.64 bits per heavy atom. The van der Waals surface area contributed by atoms with Crippen LogP contribution in [0.15, 0.2) is 18.2 Å². The van der Waals surface area contributed by atoms with Crippen molar-refractivity contribution in [1.29, 1.82) is 0 Å². The molecule has 9 nitrogen and oxygen atoms in total. The summed E-state index contributed by atoms with van der Waals surface area (Å²) >= 11 is 0. The first kappa shape index (κ1) is 19.8. The number of urea groups is 1. The summed E-state index contributed by atoms with van der Waals surface area (Å²) in [5, 5.41) is 0. The van der Waals surface area contributed by atoms with E-state index in [2.05, 4.69) is 0 Å². The van der Waals surface area contributed by atoms with Crippen LogP contribution in [0, 0.1) is 0 Å². The third kappa shape index (κ3) is 3.97. The van der Waals surface area contributed by atoms with Crippen LogP contribution in [0.4, 0.5) is 10.5 Å². The van der Waals surface area contributed by atoms with Crippen LogP contribution in [-0.2, 0) is 9.59 Å². The molecule has 2 saturated heterocycles. The molecule has 0 radical (unpaired) electrons. The number of piperazine rings is 1. The van der Waals surface area contributed by atoms with Gasteiger partial charge in [0.25, 0.3) is 0 Å². The van der Waals surface area contributed by atoms with Crippen molar-refractivity contribution in [2.24, 2.45) is 0 Å². The lowest BCUT2D eigenvalue weighted by Crippen LogP contribution is -2.52. The van der Waals surface area contributed by atoms with E-state index >= 15 is 0 Å². The first-order valence-corrected chi connectivity index (χ1v) is 9.26. The summed E-state index contributed by atoms with van der Waals surface area (Å²) in [5.74, 6) is 1.12. The molecule has 0 aliphatic carbocycles.